The van der Waals surface area contributed by atoms with E-state index in [1.165, 1.54) is 0 Å². The van der Waals surface area contributed by atoms with Gasteiger partial charge in [0.05, 0.1) is 18.1 Å². The lowest BCUT2D eigenvalue weighted by atomic mass is 10.2. The van der Waals surface area contributed by atoms with Crippen LogP contribution in [0.3, 0.4) is 0 Å². The van der Waals surface area contributed by atoms with Crippen LogP contribution in [0.1, 0.15) is 19.5 Å². The van der Waals surface area contributed by atoms with Crippen molar-refractivity contribution >= 4 is 5.82 Å². The van der Waals surface area contributed by atoms with Crippen molar-refractivity contribution in [3.8, 4) is 0 Å². The van der Waals surface area contributed by atoms with Gasteiger partial charge in [0, 0.05) is 13.6 Å². The Hall–Kier alpha value is -1.16. The Labute approximate surface area is 85.2 Å². The molecule has 0 bridgehead atoms. The Morgan fingerprint density at radius 2 is 2.07 bits per heavy atom. The highest BCUT2D eigenvalue weighted by atomic mass is 15.0. The molecule has 4 heteroatoms. The van der Waals surface area contributed by atoms with E-state index in [1.807, 2.05) is 7.05 Å². The van der Waals surface area contributed by atoms with Crippen LogP contribution in [0.25, 0.3) is 0 Å². The molecule has 0 aromatic carbocycles. The Kier molecular flexibility index (Phi) is 4.32. The van der Waals surface area contributed by atoms with Gasteiger partial charge in [-0.15, -0.1) is 0 Å². The van der Waals surface area contributed by atoms with Crippen molar-refractivity contribution in [1.29, 1.82) is 0 Å². The third-order valence-electron chi connectivity index (χ3n) is 1.82. The smallest absolute Gasteiger partial charge is 0.144 e. The van der Waals surface area contributed by atoms with Gasteiger partial charge in [-0.05, 0) is 12.5 Å². The molecule has 1 aromatic rings. The molecule has 0 radical (unpaired) electrons. The van der Waals surface area contributed by atoms with Crippen LogP contribution in [-0.4, -0.2) is 23.6 Å². The Bertz CT molecular complexity index is 255. The first-order valence-electron chi connectivity index (χ1n) is 4.91. The fraction of sp³-hybridized carbons (Fsp3) is 0.600. The maximum absolute atomic E-state index is 4.26. The molecule has 0 fully saturated rings. The molecule has 0 aliphatic carbocycles. The summed E-state index contributed by atoms with van der Waals surface area (Å²) >= 11 is 0. The zero-order valence-electron chi connectivity index (χ0n) is 9.04. The molecule has 4 nitrogen and oxygen atoms in total. The number of nitrogens with one attached hydrogen (secondary N) is 2. The van der Waals surface area contributed by atoms with Crippen molar-refractivity contribution in [2.45, 2.75) is 20.4 Å². The molecular weight excluding hydrogens is 176 g/mol. The largest absolute Gasteiger partial charge is 0.372 e. The van der Waals surface area contributed by atoms with Crippen molar-refractivity contribution in [3.63, 3.8) is 0 Å². The van der Waals surface area contributed by atoms with E-state index in [9.17, 15) is 0 Å². The maximum Gasteiger partial charge on any atom is 0.144 e. The third-order valence-corrected chi connectivity index (χ3v) is 1.82. The second kappa shape index (κ2) is 5.54. The van der Waals surface area contributed by atoms with Crippen LogP contribution >= 0.6 is 0 Å². The second-order valence-corrected chi connectivity index (χ2v) is 3.67. The lowest BCUT2D eigenvalue weighted by Gasteiger charge is -2.06. The van der Waals surface area contributed by atoms with Gasteiger partial charge >= 0.3 is 0 Å². The molecule has 14 heavy (non-hydrogen) atoms. The molecule has 78 valence electrons. The van der Waals surface area contributed by atoms with Gasteiger partial charge in [0.25, 0.3) is 0 Å². The maximum atomic E-state index is 4.26. The quantitative estimate of drug-likeness (QED) is 0.741. The van der Waals surface area contributed by atoms with E-state index >= 15 is 0 Å². The summed E-state index contributed by atoms with van der Waals surface area (Å²) in [6, 6.07) is 0. The van der Waals surface area contributed by atoms with E-state index in [4.69, 9.17) is 0 Å². The van der Waals surface area contributed by atoms with Gasteiger partial charge in [-0.2, -0.15) is 0 Å². The van der Waals surface area contributed by atoms with Crippen molar-refractivity contribution in [2.75, 3.05) is 18.9 Å². The highest BCUT2D eigenvalue weighted by molar-refractivity contribution is 5.29. The predicted octanol–water partition coefficient (Wildman–Crippen LogP) is 1.26. The average molecular weight is 194 g/mol. The van der Waals surface area contributed by atoms with E-state index in [-0.39, 0.29) is 0 Å². The molecule has 0 amide bonds. The van der Waals surface area contributed by atoms with Crippen molar-refractivity contribution in [1.82, 2.24) is 15.3 Å². The number of aromatic nitrogens is 2. The lowest BCUT2D eigenvalue weighted by Crippen LogP contribution is -2.19. The SMILES string of the molecule is CNc1cnc(CNCC(C)C)cn1. The number of rotatable bonds is 5. The van der Waals surface area contributed by atoms with Gasteiger partial charge in [0.1, 0.15) is 5.82 Å². The Morgan fingerprint density at radius 3 is 2.57 bits per heavy atom. The molecule has 0 atom stereocenters. The van der Waals surface area contributed by atoms with Gasteiger partial charge < -0.3 is 10.6 Å². The molecule has 1 aromatic heterocycles. The van der Waals surface area contributed by atoms with Crippen LogP contribution in [0, 0.1) is 5.92 Å². The number of hydrogen-bond acceptors (Lipinski definition) is 4. The third kappa shape index (κ3) is 3.70. The summed E-state index contributed by atoms with van der Waals surface area (Å²) in [5.41, 5.74) is 0.977. The number of hydrogen-bond donors (Lipinski definition) is 2. The minimum absolute atomic E-state index is 0.666. The molecule has 0 aliphatic rings. The highest BCUT2D eigenvalue weighted by Gasteiger charge is 1.97. The summed E-state index contributed by atoms with van der Waals surface area (Å²) in [6.45, 7) is 6.16. The highest BCUT2D eigenvalue weighted by Crippen LogP contribution is 1.99. The Morgan fingerprint density at radius 1 is 1.29 bits per heavy atom. The van der Waals surface area contributed by atoms with E-state index in [0.717, 1.165) is 24.6 Å². The monoisotopic (exact) mass is 194 g/mol. The molecular formula is C10H18N4. The van der Waals surface area contributed by atoms with E-state index in [0.29, 0.717) is 5.92 Å². The molecule has 1 heterocycles. The van der Waals surface area contributed by atoms with E-state index in [1.54, 1.807) is 12.4 Å². The van der Waals surface area contributed by atoms with Crippen molar-refractivity contribution in [2.24, 2.45) is 5.92 Å². The topological polar surface area (TPSA) is 49.8 Å². The minimum Gasteiger partial charge on any atom is -0.372 e. The first kappa shape index (κ1) is 10.9. The summed E-state index contributed by atoms with van der Waals surface area (Å²) in [4.78, 5) is 8.44. The zero-order chi connectivity index (χ0) is 10.4. The van der Waals surface area contributed by atoms with Crippen LogP contribution in [0.2, 0.25) is 0 Å². The van der Waals surface area contributed by atoms with Crippen molar-refractivity contribution < 1.29 is 0 Å². The predicted molar refractivity (Wildman–Crippen MR) is 58.1 cm³/mol. The molecule has 0 aliphatic heterocycles. The van der Waals surface area contributed by atoms with Crippen LogP contribution in [0.4, 0.5) is 5.82 Å². The molecule has 2 N–H and O–H groups in total. The molecule has 0 unspecified atom stereocenters. The molecule has 0 saturated heterocycles. The molecule has 0 saturated carbocycles. The Balaban J connectivity index is 2.36. The second-order valence-electron chi connectivity index (χ2n) is 3.67. The van der Waals surface area contributed by atoms with Crippen LogP contribution in [0.5, 0.6) is 0 Å². The van der Waals surface area contributed by atoms with Gasteiger partial charge in [-0.3, -0.25) is 4.98 Å². The van der Waals surface area contributed by atoms with E-state index < -0.39 is 0 Å². The number of nitrogens with zero attached hydrogens (tertiary/aromatic N) is 2. The van der Waals surface area contributed by atoms with Gasteiger partial charge in [-0.1, -0.05) is 13.8 Å². The summed E-state index contributed by atoms with van der Waals surface area (Å²) < 4.78 is 0. The summed E-state index contributed by atoms with van der Waals surface area (Å²) in [5, 5.41) is 6.25. The lowest BCUT2D eigenvalue weighted by molar-refractivity contribution is 0.547. The zero-order valence-corrected chi connectivity index (χ0v) is 9.04. The van der Waals surface area contributed by atoms with Crippen LogP contribution < -0.4 is 10.6 Å². The first-order valence-corrected chi connectivity index (χ1v) is 4.91. The fourth-order valence-corrected chi connectivity index (χ4v) is 1.06. The van der Waals surface area contributed by atoms with Gasteiger partial charge in [0.2, 0.25) is 0 Å². The molecule has 0 spiro atoms. The average Bonchev–Trinajstić information content (AvgIpc) is 2.18. The minimum atomic E-state index is 0.666. The first-order chi connectivity index (χ1) is 6.72. The fourth-order valence-electron chi connectivity index (χ4n) is 1.06. The van der Waals surface area contributed by atoms with Crippen molar-refractivity contribution in [3.05, 3.63) is 18.1 Å². The number of anilines is 1. The molecule has 1 rings (SSSR count). The normalized spacial score (nSPS) is 10.6. The van der Waals surface area contributed by atoms with Gasteiger partial charge in [0.15, 0.2) is 0 Å². The standard InChI is InChI=1S/C10H18N4/c1-8(2)4-12-5-9-6-14-10(11-3)7-13-9/h6-8,12H,4-5H2,1-3H3,(H,11,14). The summed E-state index contributed by atoms with van der Waals surface area (Å²) in [5.74, 6) is 1.47. The summed E-state index contributed by atoms with van der Waals surface area (Å²) in [7, 11) is 1.83. The van der Waals surface area contributed by atoms with E-state index in [2.05, 4.69) is 34.4 Å². The van der Waals surface area contributed by atoms with Crippen LogP contribution in [-0.2, 0) is 6.54 Å². The summed E-state index contributed by atoms with van der Waals surface area (Å²) in [6.07, 6.45) is 3.53. The van der Waals surface area contributed by atoms with Crippen LogP contribution in [0.15, 0.2) is 12.4 Å². The van der Waals surface area contributed by atoms with Gasteiger partial charge in [-0.25, -0.2) is 4.98 Å².